The van der Waals surface area contributed by atoms with E-state index in [1.54, 1.807) is 43.3 Å². The molecule has 0 saturated heterocycles. The van der Waals surface area contributed by atoms with Gasteiger partial charge in [-0.25, -0.2) is 0 Å². The highest BCUT2D eigenvalue weighted by molar-refractivity contribution is 6.09. The minimum atomic E-state index is -0.630. The molecule has 152 valence electrons. The molecule has 0 spiro atoms. The van der Waals surface area contributed by atoms with Crippen LogP contribution in [0.25, 0.3) is 0 Å². The SMILES string of the molecule is C[C@H](Oc1ccc(C(=O)c2ccccc2)cc1)C(=O)N[C@H]1CCCc2ccccc21. The van der Waals surface area contributed by atoms with Crippen molar-refractivity contribution in [2.45, 2.75) is 38.3 Å². The van der Waals surface area contributed by atoms with Crippen molar-refractivity contribution < 1.29 is 14.3 Å². The van der Waals surface area contributed by atoms with E-state index in [9.17, 15) is 9.59 Å². The third-order valence-corrected chi connectivity index (χ3v) is 5.52. The number of ketones is 1. The molecule has 0 saturated carbocycles. The summed E-state index contributed by atoms with van der Waals surface area (Å²) < 4.78 is 5.82. The zero-order chi connectivity index (χ0) is 20.9. The summed E-state index contributed by atoms with van der Waals surface area (Å²) >= 11 is 0. The third kappa shape index (κ3) is 4.43. The second kappa shape index (κ2) is 8.95. The van der Waals surface area contributed by atoms with Crippen LogP contribution in [-0.2, 0) is 11.2 Å². The van der Waals surface area contributed by atoms with Crippen LogP contribution in [0.1, 0.15) is 52.9 Å². The first-order valence-corrected chi connectivity index (χ1v) is 10.4. The maximum Gasteiger partial charge on any atom is 0.261 e. The van der Waals surface area contributed by atoms with Crippen LogP contribution < -0.4 is 10.1 Å². The summed E-state index contributed by atoms with van der Waals surface area (Å²) in [5, 5.41) is 3.13. The maximum absolute atomic E-state index is 12.7. The number of hydrogen-bond acceptors (Lipinski definition) is 3. The molecule has 4 rings (SSSR count). The van der Waals surface area contributed by atoms with Crippen LogP contribution in [0.4, 0.5) is 0 Å². The number of hydrogen-bond donors (Lipinski definition) is 1. The lowest BCUT2D eigenvalue weighted by atomic mass is 9.87. The van der Waals surface area contributed by atoms with Crippen LogP contribution in [-0.4, -0.2) is 17.8 Å². The van der Waals surface area contributed by atoms with Crippen molar-refractivity contribution in [1.82, 2.24) is 5.32 Å². The van der Waals surface area contributed by atoms with Gasteiger partial charge in [-0.3, -0.25) is 9.59 Å². The molecular formula is C26H25NO3. The molecule has 2 atom stereocenters. The standard InChI is InChI=1S/C26H25NO3/c1-18(26(29)27-24-13-7-11-19-8-5-6-12-23(19)24)30-22-16-14-21(15-17-22)25(28)20-9-3-2-4-10-20/h2-6,8-10,12,14-18,24H,7,11,13H2,1H3,(H,27,29)/t18-,24-/m0/s1. The van der Waals surface area contributed by atoms with Gasteiger partial charge in [0.1, 0.15) is 5.75 Å². The number of fused-ring (bicyclic) bond motifs is 1. The van der Waals surface area contributed by atoms with Gasteiger partial charge in [0, 0.05) is 11.1 Å². The molecule has 3 aromatic rings. The van der Waals surface area contributed by atoms with E-state index in [2.05, 4.69) is 17.4 Å². The average Bonchev–Trinajstić information content (AvgIpc) is 2.80. The fraction of sp³-hybridized carbons (Fsp3) is 0.231. The lowest BCUT2D eigenvalue weighted by Crippen LogP contribution is -2.39. The van der Waals surface area contributed by atoms with Crippen LogP contribution in [0.5, 0.6) is 5.75 Å². The second-order valence-corrected chi connectivity index (χ2v) is 7.63. The van der Waals surface area contributed by atoms with E-state index >= 15 is 0 Å². The van der Waals surface area contributed by atoms with E-state index in [4.69, 9.17) is 4.74 Å². The zero-order valence-corrected chi connectivity index (χ0v) is 17.0. The van der Waals surface area contributed by atoms with E-state index < -0.39 is 6.10 Å². The third-order valence-electron chi connectivity index (χ3n) is 5.52. The first-order valence-electron chi connectivity index (χ1n) is 10.4. The number of rotatable bonds is 6. The maximum atomic E-state index is 12.7. The van der Waals surface area contributed by atoms with Crippen molar-refractivity contribution in [2.24, 2.45) is 0 Å². The largest absolute Gasteiger partial charge is 0.481 e. The zero-order valence-electron chi connectivity index (χ0n) is 17.0. The Morgan fingerprint density at radius 1 is 0.900 bits per heavy atom. The Morgan fingerprint density at radius 2 is 1.57 bits per heavy atom. The molecule has 30 heavy (non-hydrogen) atoms. The molecule has 0 fully saturated rings. The number of aryl methyl sites for hydroxylation is 1. The van der Waals surface area contributed by atoms with Crippen molar-refractivity contribution in [3.05, 3.63) is 101 Å². The highest BCUT2D eigenvalue weighted by Crippen LogP contribution is 2.29. The lowest BCUT2D eigenvalue weighted by Gasteiger charge is -2.27. The molecule has 1 N–H and O–H groups in total. The van der Waals surface area contributed by atoms with Gasteiger partial charge in [0.25, 0.3) is 5.91 Å². The van der Waals surface area contributed by atoms with Gasteiger partial charge in [0.2, 0.25) is 0 Å². The minimum absolute atomic E-state index is 0.0272. The molecule has 0 heterocycles. The predicted octanol–water partition coefficient (Wildman–Crippen LogP) is 4.88. The van der Waals surface area contributed by atoms with Gasteiger partial charge in [-0.1, -0.05) is 54.6 Å². The number of benzene rings is 3. The summed E-state index contributed by atoms with van der Waals surface area (Å²) in [6.45, 7) is 1.74. The van der Waals surface area contributed by atoms with Crippen LogP contribution in [0.3, 0.4) is 0 Å². The lowest BCUT2D eigenvalue weighted by molar-refractivity contribution is -0.128. The Balaban J connectivity index is 1.37. The van der Waals surface area contributed by atoms with Crippen LogP contribution >= 0.6 is 0 Å². The molecular weight excluding hydrogens is 374 g/mol. The Hall–Kier alpha value is -3.40. The van der Waals surface area contributed by atoms with E-state index in [1.165, 1.54) is 11.1 Å². The van der Waals surface area contributed by atoms with Gasteiger partial charge in [0.05, 0.1) is 6.04 Å². The van der Waals surface area contributed by atoms with Crippen molar-refractivity contribution >= 4 is 11.7 Å². The summed E-state index contributed by atoms with van der Waals surface area (Å²) in [5.41, 5.74) is 3.74. The van der Waals surface area contributed by atoms with E-state index in [0.717, 1.165) is 19.3 Å². The van der Waals surface area contributed by atoms with Crippen molar-refractivity contribution in [2.75, 3.05) is 0 Å². The highest BCUT2D eigenvalue weighted by Gasteiger charge is 2.24. The first kappa shape index (κ1) is 19.9. The molecule has 1 aliphatic rings. The molecule has 4 heteroatoms. The Labute approximate surface area is 176 Å². The van der Waals surface area contributed by atoms with E-state index in [0.29, 0.717) is 16.9 Å². The van der Waals surface area contributed by atoms with Crippen molar-refractivity contribution in [3.8, 4) is 5.75 Å². The molecule has 0 aliphatic heterocycles. The van der Waals surface area contributed by atoms with Gasteiger partial charge >= 0.3 is 0 Å². The van der Waals surface area contributed by atoms with Crippen molar-refractivity contribution in [1.29, 1.82) is 0 Å². The van der Waals surface area contributed by atoms with Crippen LogP contribution in [0.2, 0.25) is 0 Å². The Bertz CT molecular complexity index is 1030. The smallest absolute Gasteiger partial charge is 0.261 e. The number of carbonyl (C=O) groups excluding carboxylic acids is 2. The van der Waals surface area contributed by atoms with Crippen molar-refractivity contribution in [3.63, 3.8) is 0 Å². The van der Waals surface area contributed by atoms with E-state index in [-0.39, 0.29) is 17.7 Å². The minimum Gasteiger partial charge on any atom is -0.481 e. The summed E-state index contributed by atoms with van der Waals surface area (Å²) in [5.74, 6) is 0.386. The number of ether oxygens (including phenoxy) is 1. The van der Waals surface area contributed by atoms with Gasteiger partial charge in [0.15, 0.2) is 11.9 Å². The summed E-state index contributed by atoms with van der Waals surface area (Å²) in [6, 6.07) is 24.4. The molecule has 0 radical (unpaired) electrons. The topological polar surface area (TPSA) is 55.4 Å². The molecule has 4 nitrogen and oxygen atoms in total. The van der Waals surface area contributed by atoms with Gasteiger partial charge in [-0.2, -0.15) is 0 Å². The molecule has 0 unspecified atom stereocenters. The average molecular weight is 399 g/mol. The molecule has 0 aromatic heterocycles. The first-order chi connectivity index (χ1) is 14.6. The van der Waals surface area contributed by atoms with Gasteiger partial charge < -0.3 is 10.1 Å². The van der Waals surface area contributed by atoms with Crippen LogP contribution in [0, 0.1) is 0 Å². The van der Waals surface area contributed by atoms with Gasteiger partial charge in [-0.05, 0) is 61.6 Å². The molecule has 1 amide bonds. The number of carbonyl (C=O) groups is 2. The molecule has 3 aromatic carbocycles. The van der Waals surface area contributed by atoms with E-state index in [1.807, 2.05) is 30.3 Å². The summed E-state index contributed by atoms with van der Waals surface area (Å²) in [7, 11) is 0. The second-order valence-electron chi connectivity index (χ2n) is 7.63. The highest BCUT2D eigenvalue weighted by atomic mass is 16.5. The Kier molecular flexibility index (Phi) is 5.94. The molecule has 1 aliphatic carbocycles. The van der Waals surface area contributed by atoms with Gasteiger partial charge in [-0.15, -0.1) is 0 Å². The Morgan fingerprint density at radius 3 is 2.33 bits per heavy atom. The summed E-state index contributed by atoms with van der Waals surface area (Å²) in [6.07, 6.45) is 2.43. The fourth-order valence-corrected chi connectivity index (χ4v) is 3.89. The predicted molar refractivity (Wildman–Crippen MR) is 117 cm³/mol. The summed E-state index contributed by atoms with van der Waals surface area (Å²) in [4.78, 5) is 25.2. The normalized spacial score (nSPS) is 16.2. The fourth-order valence-electron chi connectivity index (χ4n) is 3.89. The molecule has 0 bridgehead atoms. The quantitative estimate of drug-likeness (QED) is 0.601. The van der Waals surface area contributed by atoms with Crippen LogP contribution in [0.15, 0.2) is 78.9 Å². The number of nitrogens with one attached hydrogen (secondary N) is 1. The monoisotopic (exact) mass is 399 g/mol. The number of amides is 1.